The van der Waals surface area contributed by atoms with Gasteiger partial charge in [-0.1, -0.05) is 32.4 Å². The number of nitrogens with zero attached hydrogens (tertiary/aromatic N) is 2. The minimum absolute atomic E-state index is 0.00875. The van der Waals surface area contributed by atoms with Gasteiger partial charge in [0.25, 0.3) is 0 Å². The molecule has 1 atom stereocenters. The highest BCUT2D eigenvalue weighted by Gasteiger charge is 2.25. The summed E-state index contributed by atoms with van der Waals surface area (Å²) in [6.07, 6.45) is 3.04. The van der Waals surface area contributed by atoms with E-state index >= 15 is 0 Å². The first-order valence-electron chi connectivity index (χ1n) is 10.7. The van der Waals surface area contributed by atoms with Gasteiger partial charge in [0.05, 0.1) is 6.54 Å². The van der Waals surface area contributed by atoms with Gasteiger partial charge in [0.15, 0.2) is 0 Å². The first kappa shape index (κ1) is 24.1. The second-order valence-corrected chi connectivity index (χ2v) is 8.79. The molecule has 0 aliphatic carbocycles. The molecule has 6 heteroatoms. The molecule has 0 fully saturated rings. The molecule has 0 spiro atoms. The fourth-order valence-corrected chi connectivity index (χ4v) is 4.13. The average Bonchev–Trinajstić information content (AvgIpc) is 3.14. The van der Waals surface area contributed by atoms with Gasteiger partial charge in [0.2, 0.25) is 11.8 Å². The largest absolute Gasteiger partial charge is 0.332 e. The maximum absolute atomic E-state index is 13.3. The molecule has 0 aliphatic heterocycles. The predicted molar refractivity (Wildman–Crippen MR) is 121 cm³/mol. The minimum Gasteiger partial charge on any atom is -0.332 e. The second kappa shape index (κ2) is 11.8. The smallest absolute Gasteiger partial charge is 0.242 e. The van der Waals surface area contributed by atoms with Crippen LogP contribution in [0.2, 0.25) is 0 Å². The number of carbonyl (C=O) groups excluding carboxylic acids is 2. The van der Waals surface area contributed by atoms with Gasteiger partial charge in [0, 0.05) is 23.9 Å². The van der Waals surface area contributed by atoms with Crippen molar-refractivity contribution < 1.29 is 14.0 Å². The van der Waals surface area contributed by atoms with Crippen LogP contribution in [0.3, 0.4) is 0 Å². The molecule has 2 aromatic rings. The van der Waals surface area contributed by atoms with Crippen molar-refractivity contribution in [3.63, 3.8) is 0 Å². The molecule has 1 unspecified atom stereocenters. The third-order valence-electron chi connectivity index (χ3n) is 5.44. The zero-order chi connectivity index (χ0) is 22.1. The highest BCUT2D eigenvalue weighted by Crippen LogP contribution is 2.20. The van der Waals surface area contributed by atoms with Crippen LogP contribution >= 0.6 is 11.3 Å². The Labute approximate surface area is 183 Å². The van der Waals surface area contributed by atoms with Crippen molar-refractivity contribution in [2.45, 2.75) is 72.5 Å². The van der Waals surface area contributed by atoms with Gasteiger partial charge in [0.1, 0.15) is 12.4 Å². The predicted octanol–water partition coefficient (Wildman–Crippen LogP) is 5.54. The Kier molecular flexibility index (Phi) is 9.50. The zero-order valence-electron chi connectivity index (χ0n) is 18.5. The van der Waals surface area contributed by atoms with Gasteiger partial charge < -0.3 is 9.80 Å². The molecule has 0 saturated carbocycles. The SMILES string of the molecule is CCCCC(=O)N(CC(=O)N(Cc1ccc(F)cc1)Cc1sccc1C)C(C)CC. The molecular weight excluding hydrogens is 399 g/mol. The monoisotopic (exact) mass is 432 g/mol. The van der Waals surface area contributed by atoms with E-state index in [4.69, 9.17) is 0 Å². The van der Waals surface area contributed by atoms with Gasteiger partial charge in [-0.25, -0.2) is 4.39 Å². The summed E-state index contributed by atoms with van der Waals surface area (Å²) in [7, 11) is 0. The van der Waals surface area contributed by atoms with Gasteiger partial charge in [-0.2, -0.15) is 0 Å². The van der Waals surface area contributed by atoms with E-state index in [-0.39, 0.29) is 30.2 Å². The van der Waals surface area contributed by atoms with E-state index in [1.54, 1.807) is 33.3 Å². The molecule has 0 radical (unpaired) electrons. The molecule has 2 rings (SSSR count). The Morgan fingerprint density at radius 3 is 2.33 bits per heavy atom. The summed E-state index contributed by atoms with van der Waals surface area (Å²) in [6.45, 7) is 9.05. The number of amides is 2. The van der Waals surface area contributed by atoms with Crippen molar-refractivity contribution in [1.82, 2.24) is 9.80 Å². The number of hydrogen-bond donors (Lipinski definition) is 0. The van der Waals surface area contributed by atoms with Crippen LogP contribution < -0.4 is 0 Å². The maximum Gasteiger partial charge on any atom is 0.242 e. The van der Waals surface area contributed by atoms with Gasteiger partial charge in [-0.05, 0) is 61.4 Å². The summed E-state index contributed by atoms with van der Waals surface area (Å²) in [4.78, 5) is 30.7. The maximum atomic E-state index is 13.3. The van der Waals surface area contributed by atoms with E-state index in [2.05, 4.69) is 6.92 Å². The highest BCUT2D eigenvalue weighted by atomic mass is 32.1. The Balaban J connectivity index is 2.21. The molecule has 0 N–H and O–H groups in total. The number of carbonyl (C=O) groups is 2. The van der Waals surface area contributed by atoms with Crippen molar-refractivity contribution in [2.24, 2.45) is 0 Å². The van der Waals surface area contributed by atoms with Crippen molar-refractivity contribution in [1.29, 1.82) is 0 Å². The molecule has 0 aliphatic rings. The number of rotatable bonds is 11. The summed E-state index contributed by atoms with van der Waals surface area (Å²) in [5, 5.41) is 2.02. The topological polar surface area (TPSA) is 40.6 Å². The fraction of sp³-hybridized carbons (Fsp3) is 0.500. The number of hydrogen-bond acceptors (Lipinski definition) is 3. The lowest BCUT2D eigenvalue weighted by Crippen LogP contribution is -2.46. The zero-order valence-corrected chi connectivity index (χ0v) is 19.3. The molecule has 1 aromatic heterocycles. The fourth-order valence-electron chi connectivity index (χ4n) is 3.21. The molecule has 0 bridgehead atoms. The van der Waals surface area contributed by atoms with Crippen molar-refractivity contribution in [2.75, 3.05) is 6.54 Å². The van der Waals surface area contributed by atoms with E-state index in [0.717, 1.165) is 35.3 Å². The first-order valence-corrected chi connectivity index (χ1v) is 11.6. The number of unbranched alkanes of at least 4 members (excludes halogenated alkanes) is 1. The molecule has 1 aromatic carbocycles. The van der Waals surface area contributed by atoms with Crippen molar-refractivity contribution >= 4 is 23.2 Å². The lowest BCUT2D eigenvalue weighted by Gasteiger charge is -2.31. The second-order valence-electron chi connectivity index (χ2n) is 7.79. The molecule has 164 valence electrons. The van der Waals surface area contributed by atoms with Gasteiger partial charge in [-0.15, -0.1) is 11.3 Å². The lowest BCUT2D eigenvalue weighted by atomic mass is 10.1. The summed E-state index contributed by atoms with van der Waals surface area (Å²) >= 11 is 1.62. The quantitative estimate of drug-likeness (QED) is 0.468. The number of thiophene rings is 1. The molecule has 0 saturated heterocycles. The summed E-state index contributed by atoms with van der Waals surface area (Å²) in [5.41, 5.74) is 2.01. The third-order valence-corrected chi connectivity index (χ3v) is 6.44. The number of halogens is 1. The first-order chi connectivity index (χ1) is 14.3. The molecule has 1 heterocycles. The standard InChI is InChI=1S/C24H33FN2O2S/c1-5-7-8-23(28)27(19(4)6-2)17-24(29)26(16-22-18(3)13-14-30-22)15-20-9-11-21(25)12-10-20/h9-14,19H,5-8,15-17H2,1-4H3. The van der Waals surface area contributed by atoms with E-state index in [0.29, 0.717) is 19.5 Å². The van der Waals surface area contributed by atoms with Crippen LogP contribution in [0, 0.1) is 12.7 Å². The molecule has 30 heavy (non-hydrogen) atoms. The molecule has 4 nitrogen and oxygen atoms in total. The van der Waals surface area contributed by atoms with Crippen LogP contribution in [-0.4, -0.2) is 34.2 Å². The minimum atomic E-state index is -0.296. The van der Waals surface area contributed by atoms with Crippen molar-refractivity contribution in [3.05, 3.63) is 57.5 Å². The van der Waals surface area contributed by atoms with Crippen LogP contribution in [0.25, 0.3) is 0 Å². The van der Waals surface area contributed by atoms with E-state index in [1.165, 1.54) is 12.1 Å². The van der Waals surface area contributed by atoms with Crippen molar-refractivity contribution in [3.8, 4) is 0 Å². The molecule has 2 amide bonds. The summed E-state index contributed by atoms with van der Waals surface area (Å²) in [6, 6.07) is 8.28. The lowest BCUT2D eigenvalue weighted by molar-refractivity contribution is -0.143. The number of aryl methyl sites for hydroxylation is 1. The summed E-state index contributed by atoms with van der Waals surface area (Å²) < 4.78 is 13.3. The van der Waals surface area contributed by atoms with Crippen LogP contribution in [0.1, 0.15) is 62.5 Å². The van der Waals surface area contributed by atoms with Crippen LogP contribution in [0.5, 0.6) is 0 Å². The van der Waals surface area contributed by atoms with Crippen LogP contribution in [0.4, 0.5) is 4.39 Å². The Hall–Kier alpha value is -2.21. The van der Waals surface area contributed by atoms with Crippen LogP contribution in [0.15, 0.2) is 35.7 Å². The van der Waals surface area contributed by atoms with E-state index in [9.17, 15) is 14.0 Å². The Morgan fingerprint density at radius 2 is 1.77 bits per heavy atom. The average molecular weight is 433 g/mol. The van der Waals surface area contributed by atoms with E-state index < -0.39 is 0 Å². The van der Waals surface area contributed by atoms with Gasteiger partial charge in [-0.3, -0.25) is 9.59 Å². The number of benzene rings is 1. The highest BCUT2D eigenvalue weighted by molar-refractivity contribution is 7.10. The van der Waals surface area contributed by atoms with E-state index in [1.807, 2.05) is 32.2 Å². The molecular formula is C24H33FN2O2S. The van der Waals surface area contributed by atoms with Crippen LogP contribution in [-0.2, 0) is 22.7 Å². The Morgan fingerprint density at radius 1 is 1.07 bits per heavy atom. The normalized spacial score (nSPS) is 11.9. The van der Waals surface area contributed by atoms with Gasteiger partial charge >= 0.3 is 0 Å². The third kappa shape index (κ3) is 6.94. The summed E-state index contributed by atoms with van der Waals surface area (Å²) in [5.74, 6) is -0.346. The Bertz CT molecular complexity index is 819.